The minimum Gasteiger partial charge on any atom is -0.374 e. The lowest BCUT2D eigenvalue weighted by Gasteiger charge is -2.20. The summed E-state index contributed by atoms with van der Waals surface area (Å²) in [6.45, 7) is 1.71. The molecule has 1 aromatic heterocycles. The molecule has 19 heavy (non-hydrogen) atoms. The molecule has 106 valence electrons. The smallest absolute Gasteiger partial charge is 0.272 e. The van der Waals surface area contributed by atoms with Crippen LogP contribution >= 0.6 is 0 Å². The van der Waals surface area contributed by atoms with Crippen molar-refractivity contribution in [1.29, 1.82) is 0 Å². The lowest BCUT2D eigenvalue weighted by Crippen LogP contribution is -2.24. The number of amides is 1. The summed E-state index contributed by atoms with van der Waals surface area (Å²) in [7, 11) is 5.49. The fraction of sp³-hybridized carbons (Fsp3) is 0.571. The summed E-state index contributed by atoms with van der Waals surface area (Å²) in [5, 5.41) is 0. The van der Waals surface area contributed by atoms with Gasteiger partial charge in [0.2, 0.25) is 0 Å². The van der Waals surface area contributed by atoms with Crippen molar-refractivity contribution in [2.45, 2.75) is 19.3 Å². The van der Waals surface area contributed by atoms with Crippen LogP contribution in [-0.4, -0.2) is 50.0 Å². The highest BCUT2D eigenvalue weighted by Gasteiger charge is 2.11. The number of nitrogens with zero attached hydrogens (tertiary/aromatic N) is 3. The highest BCUT2D eigenvalue weighted by Crippen LogP contribution is 2.14. The van der Waals surface area contributed by atoms with Gasteiger partial charge in [0, 0.05) is 39.6 Å². The zero-order valence-corrected chi connectivity index (χ0v) is 12.1. The van der Waals surface area contributed by atoms with Gasteiger partial charge in [0.15, 0.2) is 0 Å². The summed E-state index contributed by atoms with van der Waals surface area (Å²) in [5.41, 5.74) is 6.98. The van der Waals surface area contributed by atoms with Crippen LogP contribution in [0.3, 0.4) is 0 Å². The third-order valence-corrected chi connectivity index (χ3v) is 3.01. The second-order valence-corrected chi connectivity index (χ2v) is 4.87. The maximum atomic E-state index is 11.8. The van der Waals surface area contributed by atoms with Crippen molar-refractivity contribution in [3.05, 3.63) is 24.0 Å². The molecular formula is C14H24N4O. The Bertz CT molecular complexity index is 406. The molecule has 0 aliphatic heterocycles. The van der Waals surface area contributed by atoms with E-state index in [4.69, 9.17) is 5.73 Å². The molecule has 0 spiro atoms. The number of unbranched alkanes of at least 4 members (excludes halogenated alkanes) is 2. The van der Waals surface area contributed by atoms with Crippen LogP contribution in [-0.2, 0) is 0 Å². The van der Waals surface area contributed by atoms with Crippen molar-refractivity contribution in [3.8, 4) is 0 Å². The Morgan fingerprint density at radius 3 is 2.63 bits per heavy atom. The molecule has 0 radical (unpaired) electrons. The Kier molecular flexibility index (Phi) is 6.29. The lowest BCUT2D eigenvalue weighted by molar-refractivity contribution is 0.0822. The van der Waals surface area contributed by atoms with Gasteiger partial charge in [0.1, 0.15) is 5.69 Å². The second-order valence-electron chi connectivity index (χ2n) is 4.87. The minimum absolute atomic E-state index is 0.0709. The molecule has 0 aliphatic rings. The van der Waals surface area contributed by atoms with Crippen molar-refractivity contribution < 1.29 is 4.79 Å². The molecule has 1 heterocycles. The first-order chi connectivity index (χ1) is 9.06. The number of carbonyl (C=O) groups is 1. The van der Waals surface area contributed by atoms with Crippen molar-refractivity contribution in [2.75, 3.05) is 39.1 Å². The molecule has 5 heteroatoms. The SMILES string of the molecule is CN(C)C(=O)c1cc(N(C)CCCCCN)ccn1. The quantitative estimate of drug-likeness (QED) is 0.755. The topological polar surface area (TPSA) is 62.5 Å². The van der Waals surface area contributed by atoms with Gasteiger partial charge in [-0.05, 0) is 31.5 Å². The van der Waals surface area contributed by atoms with E-state index in [0.29, 0.717) is 5.69 Å². The van der Waals surface area contributed by atoms with Crippen LogP contribution in [0.2, 0.25) is 0 Å². The second kappa shape index (κ2) is 7.74. The van der Waals surface area contributed by atoms with E-state index in [1.54, 1.807) is 20.3 Å². The van der Waals surface area contributed by atoms with Gasteiger partial charge in [-0.25, -0.2) is 0 Å². The minimum atomic E-state index is -0.0709. The number of rotatable bonds is 7. The molecule has 1 rings (SSSR count). The van der Waals surface area contributed by atoms with Gasteiger partial charge >= 0.3 is 0 Å². The average Bonchev–Trinajstić information content (AvgIpc) is 2.42. The molecule has 2 N–H and O–H groups in total. The van der Waals surface area contributed by atoms with Gasteiger partial charge < -0.3 is 15.5 Å². The van der Waals surface area contributed by atoms with Gasteiger partial charge in [0.05, 0.1) is 0 Å². The molecule has 0 unspecified atom stereocenters. The zero-order chi connectivity index (χ0) is 14.3. The van der Waals surface area contributed by atoms with Crippen LogP contribution in [0.5, 0.6) is 0 Å². The number of aromatic nitrogens is 1. The average molecular weight is 264 g/mol. The summed E-state index contributed by atoms with van der Waals surface area (Å²) in [5.74, 6) is -0.0709. The van der Waals surface area contributed by atoms with Gasteiger partial charge in [-0.3, -0.25) is 9.78 Å². The number of carbonyl (C=O) groups excluding carboxylic acids is 1. The van der Waals surface area contributed by atoms with Crippen LogP contribution in [0.25, 0.3) is 0 Å². The summed E-state index contributed by atoms with van der Waals surface area (Å²) in [6.07, 6.45) is 4.99. The predicted molar refractivity (Wildman–Crippen MR) is 78.4 cm³/mol. The van der Waals surface area contributed by atoms with E-state index in [1.807, 2.05) is 19.2 Å². The fourth-order valence-corrected chi connectivity index (χ4v) is 1.80. The molecule has 0 bridgehead atoms. The molecule has 0 aromatic carbocycles. The number of hydrogen-bond donors (Lipinski definition) is 1. The summed E-state index contributed by atoms with van der Waals surface area (Å²) in [4.78, 5) is 19.6. The molecule has 1 amide bonds. The highest BCUT2D eigenvalue weighted by molar-refractivity contribution is 5.92. The molecule has 0 fully saturated rings. The van der Waals surface area contributed by atoms with Crippen LogP contribution in [0, 0.1) is 0 Å². The van der Waals surface area contributed by atoms with Gasteiger partial charge in [-0.2, -0.15) is 0 Å². The maximum absolute atomic E-state index is 11.8. The predicted octanol–water partition coefficient (Wildman–Crippen LogP) is 1.35. The number of pyridine rings is 1. The van der Waals surface area contributed by atoms with Crippen LogP contribution in [0.4, 0.5) is 5.69 Å². The first-order valence-corrected chi connectivity index (χ1v) is 6.65. The molecule has 1 aromatic rings. The first kappa shape index (κ1) is 15.4. The van der Waals surface area contributed by atoms with Gasteiger partial charge in [0.25, 0.3) is 5.91 Å². The summed E-state index contributed by atoms with van der Waals surface area (Å²) < 4.78 is 0. The normalized spacial score (nSPS) is 10.3. The number of anilines is 1. The van der Waals surface area contributed by atoms with Crippen molar-refractivity contribution in [3.63, 3.8) is 0 Å². The molecule has 5 nitrogen and oxygen atoms in total. The Balaban J connectivity index is 2.62. The van der Waals surface area contributed by atoms with Crippen molar-refractivity contribution in [1.82, 2.24) is 9.88 Å². The highest BCUT2D eigenvalue weighted by atomic mass is 16.2. The van der Waals surface area contributed by atoms with Crippen molar-refractivity contribution in [2.24, 2.45) is 5.73 Å². The summed E-state index contributed by atoms with van der Waals surface area (Å²) in [6, 6.07) is 3.76. The maximum Gasteiger partial charge on any atom is 0.272 e. The largest absolute Gasteiger partial charge is 0.374 e. The molecule has 0 aliphatic carbocycles. The van der Waals surface area contributed by atoms with E-state index < -0.39 is 0 Å². The molecule has 0 saturated heterocycles. The molecular weight excluding hydrogens is 240 g/mol. The van der Waals surface area contributed by atoms with Crippen molar-refractivity contribution >= 4 is 11.6 Å². The lowest BCUT2D eigenvalue weighted by atomic mass is 10.2. The van der Waals surface area contributed by atoms with E-state index in [9.17, 15) is 4.79 Å². The number of hydrogen-bond acceptors (Lipinski definition) is 4. The van der Waals surface area contributed by atoms with Crippen LogP contribution in [0.1, 0.15) is 29.8 Å². The summed E-state index contributed by atoms with van der Waals surface area (Å²) >= 11 is 0. The van der Waals surface area contributed by atoms with Crippen LogP contribution in [0.15, 0.2) is 18.3 Å². The van der Waals surface area contributed by atoms with Gasteiger partial charge in [-0.15, -0.1) is 0 Å². The third kappa shape index (κ3) is 4.87. The van der Waals surface area contributed by atoms with E-state index in [0.717, 1.165) is 38.0 Å². The molecule has 0 saturated carbocycles. The van der Waals surface area contributed by atoms with E-state index in [1.165, 1.54) is 4.90 Å². The van der Waals surface area contributed by atoms with E-state index >= 15 is 0 Å². The fourth-order valence-electron chi connectivity index (χ4n) is 1.80. The standard InChI is InChI=1S/C14H24N4O/c1-17(2)14(19)13-11-12(7-9-16-13)18(3)10-6-4-5-8-15/h7,9,11H,4-6,8,10,15H2,1-3H3. The number of nitrogens with two attached hydrogens (primary N) is 1. The van der Waals surface area contributed by atoms with E-state index in [-0.39, 0.29) is 5.91 Å². The van der Waals surface area contributed by atoms with Crippen LogP contribution < -0.4 is 10.6 Å². The zero-order valence-electron chi connectivity index (χ0n) is 12.1. The Hall–Kier alpha value is -1.62. The monoisotopic (exact) mass is 264 g/mol. The third-order valence-electron chi connectivity index (χ3n) is 3.01. The molecule has 0 atom stereocenters. The van der Waals surface area contributed by atoms with E-state index in [2.05, 4.69) is 9.88 Å². The first-order valence-electron chi connectivity index (χ1n) is 6.65. The van der Waals surface area contributed by atoms with Gasteiger partial charge in [-0.1, -0.05) is 6.42 Å². The Morgan fingerprint density at radius 1 is 1.26 bits per heavy atom. The Morgan fingerprint density at radius 2 is 2.00 bits per heavy atom. The Labute approximate surface area is 115 Å².